The first-order valence-corrected chi connectivity index (χ1v) is 7.72. The topological polar surface area (TPSA) is 75.6 Å². The quantitative estimate of drug-likeness (QED) is 0.873. The Labute approximate surface area is 134 Å². The maximum atomic E-state index is 13.7. The number of aliphatic carboxylic acids is 1. The molecule has 1 aromatic carbocycles. The molecule has 0 aliphatic heterocycles. The van der Waals surface area contributed by atoms with Crippen molar-refractivity contribution >= 4 is 11.9 Å². The lowest BCUT2D eigenvalue weighted by molar-refractivity contribution is -0.146. The van der Waals surface area contributed by atoms with Crippen LogP contribution >= 0.6 is 0 Å². The third-order valence-corrected chi connectivity index (χ3v) is 4.51. The van der Waals surface area contributed by atoms with Crippen LogP contribution in [0.15, 0.2) is 18.2 Å². The van der Waals surface area contributed by atoms with E-state index in [1.165, 1.54) is 19.2 Å². The van der Waals surface area contributed by atoms with Gasteiger partial charge in [-0.05, 0) is 37.5 Å². The van der Waals surface area contributed by atoms with Gasteiger partial charge in [-0.2, -0.15) is 0 Å². The van der Waals surface area contributed by atoms with E-state index in [1.807, 2.05) is 0 Å². The molecule has 1 aliphatic carbocycles. The summed E-state index contributed by atoms with van der Waals surface area (Å²) in [5.41, 5.74) is -0.237. The summed E-state index contributed by atoms with van der Waals surface area (Å²) in [5, 5.41) is 12.2. The van der Waals surface area contributed by atoms with Gasteiger partial charge in [-0.1, -0.05) is 18.9 Å². The van der Waals surface area contributed by atoms with Gasteiger partial charge in [-0.3, -0.25) is 9.59 Å². The lowest BCUT2D eigenvalue weighted by Gasteiger charge is -2.39. The zero-order chi connectivity index (χ0) is 17.0. The Morgan fingerprint density at radius 2 is 2.17 bits per heavy atom. The highest BCUT2D eigenvalue weighted by Crippen LogP contribution is 2.34. The van der Waals surface area contributed by atoms with Crippen molar-refractivity contribution in [1.82, 2.24) is 5.32 Å². The van der Waals surface area contributed by atoms with E-state index in [-0.39, 0.29) is 18.1 Å². The molecule has 6 heteroatoms. The first-order chi connectivity index (χ1) is 10.9. The molecule has 5 nitrogen and oxygen atoms in total. The summed E-state index contributed by atoms with van der Waals surface area (Å²) in [6, 6.07) is 4.36. The van der Waals surface area contributed by atoms with Crippen LogP contribution in [0.5, 0.6) is 5.75 Å². The fourth-order valence-corrected chi connectivity index (χ4v) is 3.25. The number of methoxy groups -OCH3 is 1. The van der Waals surface area contributed by atoms with Crippen LogP contribution in [-0.4, -0.2) is 29.6 Å². The summed E-state index contributed by atoms with van der Waals surface area (Å²) in [6.07, 6.45) is 2.93. The Balaban J connectivity index is 2.06. The molecule has 0 heterocycles. The molecule has 2 N–H and O–H groups in total. The third kappa shape index (κ3) is 4.00. The minimum absolute atomic E-state index is 0.00282. The van der Waals surface area contributed by atoms with Gasteiger partial charge in [0.25, 0.3) is 0 Å². The molecule has 1 aliphatic rings. The van der Waals surface area contributed by atoms with Gasteiger partial charge in [0.15, 0.2) is 11.6 Å². The van der Waals surface area contributed by atoms with E-state index in [0.717, 1.165) is 12.8 Å². The van der Waals surface area contributed by atoms with Gasteiger partial charge in [0.1, 0.15) is 0 Å². The molecule has 126 valence electrons. The van der Waals surface area contributed by atoms with Crippen molar-refractivity contribution in [3.63, 3.8) is 0 Å². The number of ether oxygens (including phenoxy) is 1. The number of benzene rings is 1. The monoisotopic (exact) mass is 323 g/mol. The molecule has 1 fully saturated rings. The lowest BCUT2D eigenvalue weighted by atomic mass is 9.74. The standard InChI is InChI=1S/C17H22FNO4/c1-17(8-4-3-5-12(17)16(21)22)19-15(20)10-11-6-7-14(23-2)13(18)9-11/h6-7,9,12H,3-5,8,10H2,1-2H3,(H,19,20)(H,21,22)/t12-,17+/m0/s1. The summed E-state index contributed by atoms with van der Waals surface area (Å²) < 4.78 is 18.5. The van der Waals surface area contributed by atoms with Crippen LogP contribution < -0.4 is 10.1 Å². The molecule has 1 saturated carbocycles. The minimum atomic E-state index is -0.886. The molecule has 0 saturated heterocycles. The van der Waals surface area contributed by atoms with Gasteiger partial charge >= 0.3 is 5.97 Å². The number of carbonyl (C=O) groups is 2. The fourth-order valence-electron chi connectivity index (χ4n) is 3.25. The number of rotatable bonds is 5. The summed E-state index contributed by atoms with van der Waals surface area (Å²) in [4.78, 5) is 23.7. The number of hydrogen-bond acceptors (Lipinski definition) is 3. The normalized spacial score (nSPS) is 24.0. The average Bonchev–Trinajstić information content (AvgIpc) is 2.46. The van der Waals surface area contributed by atoms with Gasteiger partial charge in [0.2, 0.25) is 5.91 Å². The van der Waals surface area contributed by atoms with Crippen molar-refractivity contribution in [3.8, 4) is 5.75 Å². The molecule has 2 atom stereocenters. The van der Waals surface area contributed by atoms with Crippen LogP contribution in [0.25, 0.3) is 0 Å². The van der Waals surface area contributed by atoms with E-state index in [4.69, 9.17) is 4.74 Å². The van der Waals surface area contributed by atoms with Crippen molar-refractivity contribution in [1.29, 1.82) is 0 Å². The predicted octanol–water partition coefficient (Wildman–Crippen LogP) is 2.53. The molecule has 2 rings (SSSR count). The highest BCUT2D eigenvalue weighted by molar-refractivity contribution is 5.81. The predicted molar refractivity (Wildman–Crippen MR) is 82.8 cm³/mol. The third-order valence-electron chi connectivity index (χ3n) is 4.51. The molecule has 0 spiro atoms. The Bertz CT molecular complexity index is 604. The number of hydrogen-bond donors (Lipinski definition) is 2. The largest absolute Gasteiger partial charge is 0.494 e. The Morgan fingerprint density at radius 1 is 1.43 bits per heavy atom. The SMILES string of the molecule is COc1ccc(CC(=O)N[C@]2(C)CCCC[C@H]2C(=O)O)cc1F. The molecular weight excluding hydrogens is 301 g/mol. The summed E-state index contributed by atoms with van der Waals surface area (Å²) >= 11 is 0. The van der Waals surface area contributed by atoms with Crippen molar-refractivity contribution in [2.75, 3.05) is 7.11 Å². The second-order valence-electron chi connectivity index (χ2n) is 6.25. The summed E-state index contributed by atoms with van der Waals surface area (Å²) in [6.45, 7) is 1.78. The van der Waals surface area contributed by atoms with E-state index < -0.39 is 23.2 Å². The van der Waals surface area contributed by atoms with Crippen molar-refractivity contribution in [2.24, 2.45) is 5.92 Å². The van der Waals surface area contributed by atoms with Gasteiger partial charge in [-0.25, -0.2) is 4.39 Å². The highest BCUT2D eigenvalue weighted by Gasteiger charge is 2.42. The number of carboxylic acids is 1. The summed E-state index contributed by atoms with van der Waals surface area (Å²) in [7, 11) is 1.38. The molecule has 1 aromatic rings. The second-order valence-corrected chi connectivity index (χ2v) is 6.25. The molecule has 0 radical (unpaired) electrons. The number of carbonyl (C=O) groups excluding carboxylic acids is 1. The van der Waals surface area contributed by atoms with E-state index in [1.54, 1.807) is 13.0 Å². The fraction of sp³-hybridized carbons (Fsp3) is 0.529. The first kappa shape index (κ1) is 17.2. The molecular formula is C17H22FNO4. The van der Waals surface area contributed by atoms with Crippen LogP contribution in [0, 0.1) is 11.7 Å². The maximum absolute atomic E-state index is 13.7. The van der Waals surface area contributed by atoms with E-state index in [9.17, 15) is 19.1 Å². The lowest BCUT2D eigenvalue weighted by Crippen LogP contribution is -2.55. The molecule has 1 amide bonds. The number of halogens is 1. The molecule has 23 heavy (non-hydrogen) atoms. The van der Waals surface area contributed by atoms with Gasteiger partial charge < -0.3 is 15.2 Å². The van der Waals surface area contributed by atoms with E-state index >= 15 is 0 Å². The smallest absolute Gasteiger partial charge is 0.308 e. The number of carboxylic acid groups (broad SMARTS) is 1. The van der Waals surface area contributed by atoms with Crippen molar-refractivity contribution in [2.45, 2.75) is 44.6 Å². The van der Waals surface area contributed by atoms with Gasteiger partial charge in [0.05, 0.1) is 25.0 Å². The number of amides is 1. The second kappa shape index (κ2) is 6.98. The Morgan fingerprint density at radius 3 is 2.78 bits per heavy atom. The number of nitrogens with one attached hydrogen (secondary N) is 1. The van der Waals surface area contributed by atoms with Crippen LogP contribution in [0.3, 0.4) is 0 Å². The van der Waals surface area contributed by atoms with Crippen molar-refractivity contribution in [3.05, 3.63) is 29.6 Å². The van der Waals surface area contributed by atoms with Crippen LogP contribution in [-0.2, 0) is 16.0 Å². The van der Waals surface area contributed by atoms with Crippen LogP contribution in [0.2, 0.25) is 0 Å². The maximum Gasteiger partial charge on any atom is 0.308 e. The zero-order valence-electron chi connectivity index (χ0n) is 13.4. The minimum Gasteiger partial charge on any atom is -0.494 e. The van der Waals surface area contributed by atoms with Crippen LogP contribution in [0.4, 0.5) is 4.39 Å². The molecule has 0 bridgehead atoms. The van der Waals surface area contributed by atoms with E-state index in [2.05, 4.69) is 5.32 Å². The van der Waals surface area contributed by atoms with Crippen LogP contribution in [0.1, 0.15) is 38.2 Å². The Kier molecular flexibility index (Phi) is 5.23. The molecule has 0 unspecified atom stereocenters. The van der Waals surface area contributed by atoms with E-state index in [0.29, 0.717) is 18.4 Å². The van der Waals surface area contributed by atoms with Gasteiger partial charge in [0, 0.05) is 0 Å². The highest BCUT2D eigenvalue weighted by atomic mass is 19.1. The summed E-state index contributed by atoms with van der Waals surface area (Å²) in [5.74, 6) is -2.18. The molecule has 0 aromatic heterocycles. The zero-order valence-corrected chi connectivity index (χ0v) is 13.4. The van der Waals surface area contributed by atoms with Gasteiger partial charge in [-0.15, -0.1) is 0 Å². The van der Waals surface area contributed by atoms with Crippen molar-refractivity contribution < 1.29 is 23.8 Å². The average molecular weight is 323 g/mol. The first-order valence-electron chi connectivity index (χ1n) is 7.72. The Hall–Kier alpha value is -2.11.